The number of aromatic amines is 1. The van der Waals surface area contributed by atoms with Gasteiger partial charge in [-0.2, -0.15) is 4.98 Å². The third-order valence-electron chi connectivity index (χ3n) is 3.74. The van der Waals surface area contributed by atoms with E-state index in [1.54, 1.807) is 0 Å². The van der Waals surface area contributed by atoms with Crippen LogP contribution in [-0.4, -0.2) is 36.6 Å². The number of nitrogens with zero attached hydrogens (tertiary/aromatic N) is 3. The first kappa shape index (κ1) is 17.8. The number of thioether (sulfide) groups is 1. The Morgan fingerprint density at radius 3 is 3.00 bits per heavy atom. The van der Waals surface area contributed by atoms with Gasteiger partial charge in [-0.1, -0.05) is 30.5 Å². The molecule has 0 amide bonds. The summed E-state index contributed by atoms with van der Waals surface area (Å²) in [6, 6.07) is 8.04. The molecular weight excluding hydrogens is 352 g/mol. The molecule has 0 atom stereocenters. The molecule has 1 aromatic carbocycles. The van der Waals surface area contributed by atoms with E-state index in [1.165, 1.54) is 0 Å². The normalized spacial score (nSPS) is 11.7. The number of H-pyrrole nitrogens is 1. The number of carbonyl (C=O) groups is 1. The van der Waals surface area contributed by atoms with E-state index in [1.807, 2.05) is 55.1 Å². The number of hydrogen-bond acceptors (Lipinski definition) is 5. The molecule has 0 saturated heterocycles. The first-order chi connectivity index (χ1) is 12.5. The summed E-state index contributed by atoms with van der Waals surface area (Å²) in [5, 5.41) is 16.8. The minimum atomic E-state index is -0.927. The molecule has 3 rings (SSSR count). The highest BCUT2D eigenvalue weighted by atomic mass is 32.2. The molecule has 0 aliphatic carbocycles. The van der Waals surface area contributed by atoms with Gasteiger partial charge in [0.25, 0.3) is 0 Å². The second-order valence-corrected chi connectivity index (χ2v) is 6.43. The highest BCUT2D eigenvalue weighted by molar-refractivity contribution is 7.99. The van der Waals surface area contributed by atoms with Gasteiger partial charge in [0.05, 0.1) is 5.75 Å². The molecule has 0 saturated carbocycles. The number of nitrogens with one attached hydrogen (secondary N) is 1. The number of aliphatic carboxylic acids is 1. The fourth-order valence-corrected chi connectivity index (χ4v) is 3.05. The van der Waals surface area contributed by atoms with Crippen LogP contribution >= 0.6 is 11.8 Å². The van der Waals surface area contributed by atoms with E-state index >= 15 is 0 Å². The van der Waals surface area contributed by atoms with E-state index < -0.39 is 5.97 Å². The van der Waals surface area contributed by atoms with Gasteiger partial charge in [-0.3, -0.25) is 9.89 Å². The molecule has 26 heavy (non-hydrogen) atoms. The Labute approximate surface area is 154 Å². The summed E-state index contributed by atoms with van der Waals surface area (Å²) >= 11 is 1.03. The molecule has 0 bridgehead atoms. The van der Waals surface area contributed by atoms with Gasteiger partial charge >= 0.3 is 5.97 Å². The number of aryl methyl sites for hydroxylation is 1. The molecule has 0 aliphatic heterocycles. The van der Waals surface area contributed by atoms with Gasteiger partial charge in [0.15, 0.2) is 11.6 Å². The number of ether oxygens (including phenoxy) is 1. The molecule has 0 spiro atoms. The molecule has 2 aromatic heterocycles. The van der Waals surface area contributed by atoms with Crippen molar-refractivity contribution in [2.24, 2.45) is 7.05 Å². The van der Waals surface area contributed by atoms with Crippen molar-refractivity contribution in [1.29, 1.82) is 0 Å². The zero-order valence-electron chi connectivity index (χ0n) is 14.4. The first-order valence-electron chi connectivity index (χ1n) is 7.84. The van der Waals surface area contributed by atoms with Crippen LogP contribution in [0.15, 0.2) is 48.3 Å². The van der Waals surface area contributed by atoms with Crippen molar-refractivity contribution >= 4 is 40.2 Å². The fraction of sp³-hybridized carbons (Fsp3) is 0.167. The van der Waals surface area contributed by atoms with E-state index in [2.05, 4.69) is 21.8 Å². The predicted molar refractivity (Wildman–Crippen MR) is 101 cm³/mol. The molecule has 8 heteroatoms. The average Bonchev–Trinajstić information content (AvgIpc) is 3.25. The van der Waals surface area contributed by atoms with Crippen molar-refractivity contribution in [3.8, 4) is 0 Å². The first-order valence-corrected chi connectivity index (χ1v) is 8.83. The maximum absolute atomic E-state index is 10.6. The predicted octanol–water partition coefficient (Wildman–Crippen LogP) is 3.52. The number of aromatic nitrogens is 4. The molecule has 0 radical (unpaired) electrons. The van der Waals surface area contributed by atoms with Gasteiger partial charge in [0, 0.05) is 29.7 Å². The summed E-state index contributed by atoms with van der Waals surface area (Å²) in [6.45, 7) is 5.79. The maximum Gasteiger partial charge on any atom is 0.313 e. The van der Waals surface area contributed by atoms with Gasteiger partial charge in [0.1, 0.15) is 5.76 Å². The number of benzene rings is 1. The lowest BCUT2D eigenvalue weighted by Gasteiger charge is -2.12. The van der Waals surface area contributed by atoms with Crippen LogP contribution in [0.3, 0.4) is 0 Å². The van der Waals surface area contributed by atoms with Crippen LogP contribution in [-0.2, 0) is 16.6 Å². The molecular formula is C18H18N4O3S. The Morgan fingerprint density at radius 1 is 1.46 bits per heavy atom. The molecule has 0 unspecified atom stereocenters. The molecule has 2 N–H and O–H groups in total. The van der Waals surface area contributed by atoms with Gasteiger partial charge in [-0.05, 0) is 25.1 Å². The quantitative estimate of drug-likeness (QED) is 0.488. The van der Waals surface area contributed by atoms with Crippen molar-refractivity contribution in [1.82, 2.24) is 19.7 Å². The van der Waals surface area contributed by atoms with Crippen LogP contribution < -0.4 is 0 Å². The highest BCUT2D eigenvalue weighted by Gasteiger charge is 2.14. The summed E-state index contributed by atoms with van der Waals surface area (Å²) in [6.07, 6.45) is 3.86. The molecule has 3 aromatic rings. The van der Waals surface area contributed by atoms with E-state index in [4.69, 9.17) is 9.84 Å². The highest BCUT2D eigenvalue weighted by Crippen LogP contribution is 2.29. The molecule has 2 heterocycles. The van der Waals surface area contributed by atoms with Crippen LogP contribution in [0.25, 0.3) is 22.4 Å². The summed E-state index contributed by atoms with van der Waals surface area (Å²) in [5.74, 6) is 0.283. The smallest absolute Gasteiger partial charge is 0.313 e. The third kappa shape index (κ3) is 3.65. The Morgan fingerprint density at radius 2 is 2.27 bits per heavy atom. The van der Waals surface area contributed by atoms with Crippen LogP contribution in [0.2, 0.25) is 0 Å². The van der Waals surface area contributed by atoms with Crippen molar-refractivity contribution in [2.45, 2.75) is 12.1 Å². The van der Waals surface area contributed by atoms with E-state index in [-0.39, 0.29) is 5.75 Å². The summed E-state index contributed by atoms with van der Waals surface area (Å²) in [5.41, 5.74) is 2.05. The lowest BCUT2D eigenvalue weighted by molar-refractivity contribution is -0.133. The number of hydrogen-bond donors (Lipinski definition) is 2. The van der Waals surface area contributed by atoms with Crippen LogP contribution in [0.1, 0.15) is 18.3 Å². The van der Waals surface area contributed by atoms with Gasteiger partial charge in [-0.25, -0.2) is 0 Å². The Bertz CT molecular complexity index is 1000. The zero-order chi connectivity index (χ0) is 18.7. The van der Waals surface area contributed by atoms with Crippen molar-refractivity contribution in [3.63, 3.8) is 0 Å². The Hall–Kier alpha value is -3.00. The molecule has 134 valence electrons. The van der Waals surface area contributed by atoms with E-state index in [9.17, 15) is 4.79 Å². The van der Waals surface area contributed by atoms with Gasteiger partial charge in [-0.15, -0.1) is 5.10 Å². The van der Waals surface area contributed by atoms with Gasteiger partial charge in [0.2, 0.25) is 5.16 Å². The second kappa shape index (κ2) is 7.49. The largest absolute Gasteiger partial charge is 0.481 e. The Kier molecular flexibility index (Phi) is 5.13. The summed E-state index contributed by atoms with van der Waals surface area (Å²) < 4.78 is 7.97. The lowest BCUT2D eigenvalue weighted by Crippen LogP contribution is -1.98. The Balaban J connectivity index is 1.80. The number of rotatable bonds is 7. The lowest BCUT2D eigenvalue weighted by atomic mass is 10.1. The topological polar surface area (TPSA) is 93.0 Å². The minimum Gasteiger partial charge on any atom is -0.481 e. The molecule has 0 fully saturated rings. The van der Waals surface area contributed by atoms with Crippen molar-refractivity contribution in [3.05, 3.63) is 54.5 Å². The van der Waals surface area contributed by atoms with Crippen molar-refractivity contribution < 1.29 is 14.6 Å². The number of carboxylic acids is 1. The molecule has 7 nitrogen and oxygen atoms in total. The standard InChI is InChI=1S/C18H18N4O3S/c1-4-15(13-6-5-7-14-12(13)8-9-22(14)3)25-11(2)17-19-18(21-20-17)26-10-16(23)24/h4-9H,2,10H2,1,3H3,(H,23,24)(H,19,20,21)/b15-4-. The van der Waals surface area contributed by atoms with Crippen LogP contribution in [0.5, 0.6) is 0 Å². The van der Waals surface area contributed by atoms with E-state index in [0.29, 0.717) is 22.5 Å². The average molecular weight is 370 g/mol. The SMILES string of the molecule is C=C(O/C(=C\C)c1cccc2c1ccn2C)c1nc(SCC(=O)O)n[nH]1. The zero-order valence-corrected chi connectivity index (χ0v) is 15.2. The number of carboxylic acid groups (broad SMARTS) is 1. The van der Waals surface area contributed by atoms with E-state index in [0.717, 1.165) is 28.2 Å². The van der Waals surface area contributed by atoms with Crippen LogP contribution in [0.4, 0.5) is 0 Å². The van der Waals surface area contributed by atoms with Crippen molar-refractivity contribution in [2.75, 3.05) is 5.75 Å². The molecule has 0 aliphatic rings. The summed E-state index contributed by atoms with van der Waals surface area (Å²) in [4.78, 5) is 14.8. The number of allylic oxidation sites excluding steroid dienone is 1. The van der Waals surface area contributed by atoms with Gasteiger partial charge < -0.3 is 14.4 Å². The fourth-order valence-electron chi connectivity index (χ4n) is 2.53. The summed E-state index contributed by atoms with van der Waals surface area (Å²) in [7, 11) is 1.99. The van der Waals surface area contributed by atoms with Crippen LogP contribution in [0, 0.1) is 0 Å². The minimum absolute atomic E-state index is 0.110. The monoisotopic (exact) mass is 370 g/mol. The second-order valence-electron chi connectivity index (χ2n) is 5.49. The maximum atomic E-state index is 10.6. The third-order valence-corrected chi connectivity index (χ3v) is 4.57. The number of fused-ring (bicyclic) bond motifs is 1.